The molecule has 0 atom stereocenters. The van der Waals surface area contributed by atoms with Crippen LogP contribution in [0.4, 0.5) is 0 Å². The zero-order valence-electron chi connectivity index (χ0n) is 12.5. The van der Waals surface area contributed by atoms with E-state index in [0.717, 1.165) is 0 Å². The van der Waals surface area contributed by atoms with E-state index in [1.54, 1.807) is 17.0 Å². The number of hydrogen-bond donors (Lipinski definition) is 2. The largest absolute Gasteiger partial charge is 0.459 e. The SMILES string of the molecule is CC(C)C1(O)CN(C(=O)CCCNC(=O)c2ccco2)C1. The Morgan fingerprint density at radius 1 is 1.48 bits per heavy atom. The first-order valence-corrected chi connectivity index (χ1v) is 7.24. The fourth-order valence-electron chi connectivity index (χ4n) is 2.25. The summed E-state index contributed by atoms with van der Waals surface area (Å²) in [5.74, 6) is 0.165. The van der Waals surface area contributed by atoms with E-state index in [0.29, 0.717) is 32.5 Å². The van der Waals surface area contributed by atoms with Gasteiger partial charge < -0.3 is 19.7 Å². The maximum absolute atomic E-state index is 11.9. The molecule has 1 fully saturated rings. The number of hydrogen-bond acceptors (Lipinski definition) is 4. The average Bonchev–Trinajstić information content (AvgIpc) is 2.93. The standard InChI is InChI=1S/C15H22N2O4/c1-11(2)15(20)9-17(10-15)13(18)6-3-7-16-14(19)12-5-4-8-21-12/h4-5,8,11,20H,3,6-7,9-10H2,1-2H3,(H,16,19). The number of amides is 2. The lowest BCUT2D eigenvalue weighted by atomic mass is 9.83. The molecule has 0 bridgehead atoms. The van der Waals surface area contributed by atoms with E-state index in [-0.39, 0.29) is 23.5 Å². The average molecular weight is 294 g/mol. The first-order valence-electron chi connectivity index (χ1n) is 7.24. The molecule has 2 amide bonds. The molecule has 6 heteroatoms. The lowest BCUT2D eigenvalue weighted by Gasteiger charge is -2.49. The molecule has 0 radical (unpaired) electrons. The Morgan fingerprint density at radius 2 is 2.19 bits per heavy atom. The first kappa shape index (κ1) is 15.6. The smallest absolute Gasteiger partial charge is 0.286 e. The summed E-state index contributed by atoms with van der Waals surface area (Å²) >= 11 is 0. The van der Waals surface area contributed by atoms with Gasteiger partial charge in [0, 0.05) is 13.0 Å². The second kappa shape index (κ2) is 6.30. The minimum absolute atomic E-state index is 0.0209. The van der Waals surface area contributed by atoms with Gasteiger partial charge in [0.05, 0.1) is 19.4 Å². The van der Waals surface area contributed by atoms with Gasteiger partial charge in [-0.25, -0.2) is 0 Å². The van der Waals surface area contributed by atoms with Crippen LogP contribution in [0.25, 0.3) is 0 Å². The predicted octanol–water partition coefficient (Wildman–Crippen LogP) is 1.02. The maximum atomic E-state index is 11.9. The van der Waals surface area contributed by atoms with E-state index in [1.807, 2.05) is 13.8 Å². The second-order valence-electron chi connectivity index (χ2n) is 5.84. The maximum Gasteiger partial charge on any atom is 0.286 e. The van der Waals surface area contributed by atoms with Crippen LogP contribution in [0.15, 0.2) is 22.8 Å². The molecule has 1 aromatic heterocycles. The molecule has 0 aliphatic carbocycles. The van der Waals surface area contributed by atoms with Gasteiger partial charge in [-0.15, -0.1) is 0 Å². The Labute approximate surface area is 124 Å². The Bertz CT molecular complexity index is 490. The molecular formula is C15H22N2O4. The van der Waals surface area contributed by atoms with Gasteiger partial charge in [-0.3, -0.25) is 9.59 Å². The van der Waals surface area contributed by atoms with Gasteiger partial charge in [-0.2, -0.15) is 0 Å². The van der Waals surface area contributed by atoms with E-state index in [1.165, 1.54) is 6.26 Å². The van der Waals surface area contributed by atoms with Crippen molar-refractivity contribution in [1.82, 2.24) is 10.2 Å². The quantitative estimate of drug-likeness (QED) is 0.767. The number of rotatable bonds is 6. The molecule has 1 aliphatic rings. The van der Waals surface area contributed by atoms with Gasteiger partial charge in [-0.05, 0) is 24.5 Å². The molecule has 0 unspecified atom stereocenters. The van der Waals surface area contributed by atoms with E-state index in [4.69, 9.17) is 4.42 Å². The van der Waals surface area contributed by atoms with E-state index >= 15 is 0 Å². The number of nitrogens with zero attached hydrogens (tertiary/aromatic N) is 1. The van der Waals surface area contributed by atoms with Crippen LogP contribution in [-0.4, -0.2) is 47.1 Å². The highest BCUT2D eigenvalue weighted by molar-refractivity contribution is 5.91. The molecule has 2 N–H and O–H groups in total. The molecule has 1 aliphatic heterocycles. The van der Waals surface area contributed by atoms with Crippen LogP contribution in [-0.2, 0) is 4.79 Å². The van der Waals surface area contributed by atoms with E-state index < -0.39 is 5.60 Å². The number of likely N-dealkylation sites (tertiary alicyclic amines) is 1. The van der Waals surface area contributed by atoms with Crippen LogP contribution >= 0.6 is 0 Å². The molecule has 21 heavy (non-hydrogen) atoms. The van der Waals surface area contributed by atoms with Crippen LogP contribution < -0.4 is 5.32 Å². The van der Waals surface area contributed by atoms with Crippen LogP contribution in [0.5, 0.6) is 0 Å². The van der Waals surface area contributed by atoms with Crippen molar-refractivity contribution >= 4 is 11.8 Å². The summed E-state index contributed by atoms with van der Waals surface area (Å²) in [4.78, 5) is 25.1. The number of furan rings is 1. The molecule has 0 aromatic carbocycles. The third kappa shape index (κ3) is 3.64. The van der Waals surface area contributed by atoms with E-state index in [9.17, 15) is 14.7 Å². The highest BCUT2D eigenvalue weighted by Gasteiger charge is 2.45. The van der Waals surface area contributed by atoms with Gasteiger partial charge in [0.15, 0.2) is 5.76 Å². The van der Waals surface area contributed by atoms with Gasteiger partial charge in [0.25, 0.3) is 5.91 Å². The summed E-state index contributed by atoms with van der Waals surface area (Å²) in [5, 5.41) is 12.8. The lowest BCUT2D eigenvalue weighted by molar-refractivity contribution is -0.163. The fraction of sp³-hybridized carbons (Fsp3) is 0.600. The highest BCUT2D eigenvalue weighted by Crippen LogP contribution is 2.28. The van der Waals surface area contributed by atoms with Crippen LogP contribution in [0.2, 0.25) is 0 Å². The Morgan fingerprint density at radius 3 is 2.76 bits per heavy atom. The molecule has 0 spiro atoms. The molecule has 2 rings (SSSR count). The fourth-order valence-corrected chi connectivity index (χ4v) is 2.25. The Balaban J connectivity index is 1.62. The number of nitrogens with one attached hydrogen (secondary N) is 1. The van der Waals surface area contributed by atoms with Gasteiger partial charge in [0.1, 0.15) is 5.60 Å². The van der Waals surface area contributed by atoms with Crippen molar-refractivity contribution in [1.29, 1.82) is 0 Å². The number of carbonyl (C=O) groups is 2. The normalized spacial score (nSPS) is 16.7. The summed E-state index contributed by atoms with van der Waals surface area (Å²) in [6.45, 7) is 5.13. The summed E-state index contributed by atoms with van der Waals surface area (Å²) in [6.07, 6.45) is 2.38. The number of aliphatic hydroxyl groups is 1. The van der Waals surface area contributed by atoms with Crippen molar-refractivity contribution in [3.05, 3.63) is 24.2 Å². The summed E-state index contributed by atoms with van der Waals surface area (Å²) in [7, 11) is 0. The molecule has 116 valence electrons. The molecule has 1 aromatic rings. The summed E-state index contributed by atoms with van der Waals surface area (Å²) in [6, 6.07) is 3.24. The topological polar surface area (TPSA) is 82.8 Å². The zero-order chi connectivity index (χ0) is 15.5. The van der Waals surface area contributed by atoms with Gasteiger partial charge in [-0.1, -0.05) is 13.8 Å². The molecular weight excluding hydrogens is 272 g/mol. The summed E-state index contributed by atoms with van der Waals surface area (Å²) in [5.41, 5.74) is -0.733. The van der Waals surface area contributed by atoms with Crippen molar-refractivity contribution in [2.75, 3.05) is 19.6 Å². The van der Waals surface area contributed by atoms with Crippen LogP contribution in [0.3, 0.4) is 0 Å². The molecule has 1 saturated heterocycles. The van der Waals surface area contributed by atoms with Crippen molar-refractivity contribution in [2.24, 2.45) is 5.92 Å². The van der Waals surface area contributed by atoms with E-state index in [2.05, 4.69) is 5.32 Å². The van der Waals surface area contributed by atoms with Crippen molar-refractivity contribution in [2.45, 2.75) is 32.3 Å². The van der Waals surface area contributed by atoms with Gasteiger partial charge in [0.2, 0.25) is 5.91 Å². The zero-order valence-corrected chi connectivity index (χ0v) is 12.5. The minimum atomic E-state index is -0.733. The first-order chi connectivity index (χ1) is 9.92. The highest BCUT2D eigenvalue weighted by atomic mass is 16.3. The van der Waals surface area contributed by atoms with Crippen LogP contribution in [0.1, 0.15) is 37.2 Å². The number of β-amino-alcohol motifs (C(OH)–C–C–N with tert-alkyl or cyclic N) is 1. The van der Waals surface area contributed by atoms with Gasteiger partial charge >= 0.3 is 0 Å². The van der Waals surface area contributed by atoms with Crippen molar-refractivity contribution < 1.29 is 19.1 Å². The molecule has 2 heterocycles. The molecule has 6 nitrogen and oxygen atoms in total. The monoisotopic (exact) mass is 294 g/mol. The Hall–Kier alpha value is -1.82. The lowest BCUT2D eigenvalue weighted by Crippen LogP contribution is -2.65. The third-order valence-corrected chi connectivity index (χ3v) is 3.95. The second-order valence-corrected chi connectivity index (χ2v) is 5.84. The van der Waals surface area contributed by atoms with Crippen molar-refractivity contribution in [3.63, 3.8) is 0 Å². The van der Waals surface area contributed by atoms with Crippen LogP contribution in [0, 0.1) is 5.92 Å². The molecule has 0 saturated carbocycles. The third-order valence-electron chi connectivity index (χ3n) is 3.95. The predicted molar refractivity (Wildman–Crippen MR) is 76.6 cm³/mol. The number of carbonyl (C=O) groups excluding carboxylic acids is 2. The summed E-state index contributed by atoms with van der Waals surface area (Å²) < 4.78 is 4.97. The minimum Gasteiger partial charge on any atom is -0.459 e. The Kier molecular flexibility index (Phi) is 4.67. The van der Waals surface area contributed by atoms with Crippen molar-refractivity contribution in [3.8, 4) is 0 Å².